The second-order valence-electron chi connectivity index (χ2n) is 4.88. The zero-order valence-electron chi connectivity index (χ0n) is 12.1. The van der Waals surface area contributed by atoms with Crippen molar-refractivity contribution in [2.75, 3.05) is 18.2 Å². The van der Waals surface area contributed by atoms with Gasteiger partial charge >= 0.3 is 0 Å². The summed E-state index contributed by atoms with van der Waals surface area (Å²) in [4.78, 5) is 0. The Morgan fingerprint density at radius 1 is 1.25 bits per heavy atom. The first kappa shape index (κ1) is 17.3. The third kappa shape index (κ3) is 5.69. The van der Waals surface area contributed by atoms with E-state index in [-0.39, 0.29) is 17.7 Å². The second-order valence-corrected chi connectivity index (χ2v) is 6.99. The highest BCUT2D eigenvalue weighted by Crippen LogP contribution is 2.18. The predicted octanol–water partition coefficient (Wildman–Crippen LogP) is 2.94. The van der Waals surface area contributed by atoms with Crippen molar-refractivity contribution in [2.45, 2.75) is 26.8 Å². The summed E-state index contributed by atoms with van der Waals surface area (Å²) in [6.45, 7) is 6.16. The molecule has 2 atom stereocenters. The highest BCUT2D eigenvalue weighted by atomic mass is 35.5. The van der Waals surface area contributed by atoms with Gasteiger partial charge in [0.05, 0.1) is 12.4 Å². The maximum absolute atomic E-state index is 12.0. The second kappa shape index (κ2) is 7.86. The van der Waals surface area contributed by atoms with Crippen molar-refractivity contribution < 1.29 is 13.2 Å². The topological polar surface area (TPSA) is 55.4 Å². The molecule has 0 bridgehead atoms. The number of benzene rings is 1. The van der Waals surface area contributed by atoms with Gasteiger partial charge in [0.15, 0.2) is 0 Å². The third-order valence-corrected chi connectivity index (χ3v) is 5.06. The monoisotopic (exact) mass is 319 g/mol. The number of sulfonamides is 1. The Balaban J connectivity index is 2.68. The number of hydrogen-bond donors (Lipinski definition) is 1. The first-order chi connectivity index (χ1) is 9.38. The summed E-state index contributed by atoms with van der Waals surface area (Å²) in [5.41, 5.74) is 0.899. The molecule has 0 aliphatic heterocycles. The number of halogens is 1. The molecule has 0 fully saturated rings. The van der Waals surface area contributed by atoms with Gasteiger partial charge < -0.3 is 4.74 Å². The minimum atomic E-state index is -3.33. The Kier molecular flexibility index (Phi) is 6.79. The highest BCUT2D eigenvalue weighted by Gasteiger charge is 2.18. The van der Waals surface area contributed by atoms with Crippen LogP contribution in [0.2, 0.25) is 0 Å². The molecule has 1 aromatic rings. The summed E-state index contributed by atoms with van der Waals surface area (Å²) in [5.74, 6) is 1.08. The molecule has 4 nitrogen and oxygen atoms in total. The Morgan fingerprint density at radius 2 is 1.85 bits per heavy atom. The summed E-state index contributed by atoms with van der Waals surface area (Å²) in [6.07, 6.45) is 0. The number of alkyl halides is 1. The number of nitrogens with one attached hydrogen (secondary N) is 1. The van der Waals surface area contributed by atoms with E-state index in [0.717, 1.165) is 11.3 Å². The van der Waals surface area contributed by atoms with Crippen molar-refractivity contribution in [1.82, 2.24) is 4.72 Å². The minimum absolute atomic E-state index is 0.0396. The number of hydrogen-bond acceptors (Lipinski definition) is 3. The van der Waals surface area contributed by atoms with Crippen LogP contribution < -0.4 is 9.46 Å². The van der Waals surface area contributed by atoms with E-state index in [1.54, 1.807) is 0 Å². The van der Waals surface area contributed by atoms with Gasteiger partial charge in [0.1, 0.15) is 5.75 Å². The molecule has 0 saturated heterocycles. The third-order valence-electron chi connectivity index (χ3n) is 2.81. The van der Waals surface area contributed by atoms with Crippen molar-refractivity contribution in [3.63, 3.8) is 0 Å². The molecule has 1 aromatic carbocycles. The smallest absolute Gasteiger partial charge is 0.212 e. The molecule has 0 aliphatic rings. The Morgan fingerprint density at radius 3 is 2.35 bits per heavy atom. The normalized spacial score (nSPS) is 14.8. The maximum atomic E-state index is 12.0. The van der Waals surface area contributed by atoms with Crippen LogP contribution in [0, 0.1) is 5.92 Å². The molecule has 1 rings (SSSR count). The number of ether oxygens (including phenoxy) is 1. The average Bonchev–Trinajstić information content (AvgIpc) is 2.38. The molecule has 0 aliphatic carbocycles. The van der Waals surface area contributed by atoms with E-state index in [2.05, 4.69) is 4.72 Å². The lowest BCUT2D eigenvalue weighted by atomic mass is 10.1. The van der Waals surface area contributed by atoms with E-state index in [4.69, 9.17) is 16.3 Å². The van der Waals surface area contributed by atoms with Crippen LogP contribution in [0.15, 0.2) is 24.3 Å². The maximum Gasteiger partial charge on any atom is 0.212 e. The van der Waals surface area contributed by atoms with Crippen molar-refractivity contribution in [2.24, 2.45) is 5.92 Å². The largest absolute Gasteiger partial charge is 0.494 e. The summed E-state index contributed by atoms with van der Waals surface area (Å²) in [6, 6.07) is 7.13. The molecule has 20 heavy (non-hydrogen) atoms. The van der Waals surface area contributed by atoms with E-state index >= 15 is 0 Å². The van der Waals surface area contributed by atoms with Gasteiger partial charge in [-0.15, -0.1) is 11.6 Å². The molecular weight excluding hydrogens is 298 g/mol. The summed E-state index contributed by atoms with van der Waals surface area (Å²) >= 11 is 5.65. The fraction of sp³-hybridized carbons (Fsp3) is 0.571. The van der Waals surface area contributed by atoms with Crippen LogP contribution >= 0.6 is 11.6 Å². The van der Waals surface area contributed by atoms with Gasteiger partial charge in [-0.2, -0.15) is 0 Å². The molecule has 0 radical (unpaired) electrons. The lowest BCUT2D eigenvalue weighted by molar-refractivity contribution is 0.340. The van der Waals surface area contributed by atoms with E-state index < -0.39 is 10.0 Å². The van der Waals surface area contributed by atoms with Gasteiger partial charge in [-0.1, -0.05) is 19.1 Å². The summed E-state index contributed by atoms with van der Waals surface area (Å²) in [5, 5.41) is 0. The average molecular weight is 320 g/mol. The fourth-order valence-electron chi connectivity index (χ4n) is 1.82. The quantitative estimate of drug-likeness (QED) is 0.749. The first-order valence-electron chi connectivity index (χ1n) is 6.66. The van der Waals surface area contributed by atoms with Gasteiger partial charge in [0.2, 0.25) is 10.0 Å². The van der Waals surface area contributed by atoms with Crippen LogP contribution in [0.1, 0.15) is 32.4 Å². The van der Waals surface area contributed by atoms with Crippen molar-refractivity contribution in [3.05, 3.63) is 29.8 Å². The molecular formula is C14H22ClNO3S. The zero-order chi connectivity index (χ0) is 15.2. The molecule has 1 N–H and O–H groups in total. The van der Waals surface area contributed by atoms with Gasteiger partial charge in [-0.05, 0) is 37.5 Å². The lowest BCUT2D eigenvalue weighted by Crippen LogP contribution is -2.31. The van der Waals surface area contributed by atoms with Gasteiger partial charge in [-0.25, -0.2) is 13.1 Å². The molecule has 0 spiro atoms. The molecule has 114 valence electrons. The van der Waals surface area contributed by atoms with Crippen molar-refractivity contribution >= 4 is 21.6 Å². The molecule has 0 saturated carbocycles. The van der Waals surface area contributed by atoms with Gasteiger partial charge in [0, 0.05) is 11.9 Å². The Hall–Kier alpha value is -0.780. The van der Waals surface area contributed by atoms with Crippen LogP contribution in [0.5, 0.6) is 5.75 Å². The standard InChI is InChI=1S/C14H22ClNO3S/c1-4-19-14-7-5-13(6-8-14)12(3)16-20(17,18)10-11(2)9-15/h5-8,11-12,16H,4,9-10H2,1-3H3. The minimum Gasteiger partial charge on any atom is -0.494 e. The molecule has 0 aromatic heterocycles. The van der Waals surface area contributed by atoms with Crippen LogP contribution in [0.4, 0.5) is 0 Å². The molecule has 2 unspecified atom stereocenters. The van der Waals surface area contributed by atoms with Crippen molar-refractivity contribution in [1.29, 1.82) is 0 Å². The van der Waals surface area contributed by atoms with Crippen LogP contribution in [-0.2, 0) is 10.0 Å². The van der Waals surface area contributed by atoms with E-state index in [1.807, 2.05) is 45.0 Å². The van der Waals surface area contributed by atoms with E-state index in [9.17, 15) is 8.42 Å². The zero-order valence-corrected chi connectivity index (χ0v) is 13.7. The van der Waals surface area contributed by atoms with Gasteiger partial charge in [-0.3, -0.25) is 0 Å². The summed E-state index contributed by atoms with van der Waals surface area (Å²) < 4.78 is 31.9. The SMILES string of the molecule is CCOc1ccc(C(C)NS(=O)(=O)CC(C)CCl)cc1. The van der Waals surface area contributed by atoms with Crippen molar-refractivity contribution in [3.8, 4) is 5.75 Å². The Bertz CT molecular complexity index is 502. The lowest BCUT2D eigenvalue weighted by Gasteiger charge is -2.16. The molecule has 0 heterocycles. The van der Waals surface area contributed by atoms with E-state index in [1.165, 1.54) is 0 Å². The molecule has 6 heteroatoms. The van der Waals surface area contributed by atoms with Crippen LogP contribution in [-0.4, -0.2) is 26.7 Å². The van der Waals surface area contributed by atoms with E-state index in [0.29, 0.717) is 12.5 Å². The number of rotatable bonds is 8. The van der Waals surface area contributed by atoms with Crippen LogP contribution in [0.3, 0.4) is 0 Å². The molecule has 0 amide bonds. The highest BCUT2D eigenvalue weighted by molar-refractivity contribution is 7.89. The predicted molar refractivity (Wildman–Crippen MR) is 82.8 cm³/mol. The van der Waals surface area contributed by atoms with Gasteiger partial charge in [0.25, 0.3) is 0 Å². The Labute approximate surface area is 126 Å². The first-order valence-corrected chi connectivity index (χ1v) is 8.85. The summed E-state index contributed by atoms with van der Waals surface area (Å²) in [7, 11) is -3.33. The fourth-order valence-corrected chi connectivity index (χ4v) is 3.70. The van der Waals surface area contributed by atoms with Crippen LogP contribution in [0.25, 0.3) is 0 Å².